The smallest absolute Gasteiger partial charge is 0.354 e. The Morgan fingerprint density at radius 2 is 2.03 bits per heavy atom. The second kappa shape index (κ2) is 10.8. The predicted molar refractivity (Wildman–Crippen MR) is 133 cm³/mol. The average Bonchev–Trinajstić information content (AvgIpc) is 2.82. The molecule has 9 heteroatoms. The van der Waals surface area contributed by atoms with Crippen molar-refractivity contribution in [1.82, 2.24) is 15.2 Å². The molecule has 0 spiro atoms. The molecule has 1 aliphatic rings. The molecule has 1 aromatic heterocycles. The number of anilines is 2. The molecule has 1 aliphatic heterocycles. The fourth-order valence-electron chi connectivity index (χ4n) is 4.50. The molecule has 5 nitrogen and oxygen atoms in total. The first-order valence-corrected chi connectivity index (χ1v) is 12.2. The van der Waals surface area contributed by atoms with Gasteiger partial charge in [-0.2, -0.15) is 13.2 Å². The molecule has 2 heterocycles. The summed E-state index contributed by atoms with van der Waals surface area (Å²) in [5.74, 6) is -0.249. The lowest BCUT2D eigenvalue weighted by Gasteiger charge is -2.33. The van der Waals surface area contributed by atoms with E-state index in [0.717, 1.165) is 51.4 Å². The molecule has 1 saturated heterocycles. The number of amides is 1. The summed E-state index contributed by atoms with van der Waals surface area (Å²) in [5.41, 5.74) is 0.219. The number of fused-ring (bicyclic) bond motifs is 1. The van der Waals surface area contributed by atoms with Gasteiger partial charge in [0.05, 0.1) is 22.3 Å². The fraction of sp³-hybridized carbons (Fsp3) is 0.385. The van der Waals surface area contributed by atoms with Crippen molar-refractivity contribution in [3.05, 3.63) is 64.8 Å². The van der Waals surface area contributed by atoms with Crippen LogP contribution in [0.3, 0.4) is 0 Å². The minimum absolute atomic E-state index is 0.0349. The van der Waals surface area contributed by atoms with Crippen molar-refractivity contribution in [3.63, 3.8) is 0 Å². The Morgan fingerprint density at radius 1 is 1.20 bits per heavy atom. The van der Waals surface area contributed by atoms with Crippen molar-refractivity contribution < 1.29 is 18.0 Å². The first-order chi connectivity index (χ1) is 16.8. The number of hydrogen-bond donors (Lipinski definition) is 2. The zero-order valence-electron chi connectivity index (χ0n) is 19.5. The number of carbonyl (C=O) groups is 1. The number of aromatic nitrogens is 1. The van der Waals surface area contributed by atoms with Crippen LogP contribution >= 0.6 is 11.6 Å². The molecule has 2 aromatic carbocycles. The van der Waals surface area contributed by atoms with Crippen LogP contribution in [-0.4, -0.2) is 41.5 Å². The summed E-state index contributed by atoms with van der Waals surface area (Å²) >= 11 is 6.21. The first-order valence-electron chi connectivity index (χ1n) is 11.8. The number of rotatable bonds is 7. The van der Waals surface area contributed by atoms with Crippen LogP contribution in [0.5, 0.6) is 0 Å². The number of pyridine rings is 1. The topological polar surface area (TPSA) is 57.3 Å². The second-order valence-electron chi connectivity index (χ2n) is 8.84. The summed E-state index contributed by atoms with van der Waals surface area (Å²) in [7, 11) is 0. The maximum Gasteiger partial charge on any atom is 0.418 e. The molecule has 3 aromatic rings. The lowest BCUT2D eigenvalue weighted by Crippen LogP contribution is -2.47. The molecule has 4 rings (SSSR count). The van der Waals surface area contributed by atoms with E-state index in [1.54, 1.807) is 30.3 Å². The number of unbranched alkanes of at least 4 members (excludes halogenated alkanes) is 1. The summed E-state index contributed by atoms with van der Waals surface area (Å²) < 4.78 is 40.5. The molecule has 1 fully saturated rings. The van der Waals surface area contributed by atoms with Gasteiger partial charge in [-0.15, -0.1) is 0 Å². The number of benzene rings is 2. The summed E-state index contributed by atoms with van der Waals surface area (Å²) in [4.78, 5) is 19.6. The first kappa shape index (κ1) is 25.3. The molecule has 1 atom stereocenters. The van der Waals surface area contributed by atoms with Crippen molar-refractivity contribution in [2.75, 3.05) is 25.0 Å². The molecule has 0 radical (unpaired) electrons. The van der Waals surface area contributed by atoms with Crippen LogP contribution in [0.1, 0.15) is 48.5 Å². The third-order valence-electron chi connectivity index (χ3n) is 6.24. The van der Waals surface area contributed by atoms with Crippen LogP contribution < -0.4 is 10.6 Å². The van der Waals surface area contributed by atoms with Gasteiger partial charge in [0.25, 0.3) is 5.91 Å². The van der Waals surface area contributed by atoms with Crippen LogP contribution in [0, 0.1) is 0 Å². The van der Waals surface area contributed by atoms with Crippen molar-refractivity contribution in [3.8, 4) is 0 Å². The van der Waals surface area contributed by atoms with Gasteiger partial charge in [-0.3, -0.25) is 9.78 Å². The number of halogens is 4. The summed E-state index contributed by atoms with van der Waals surface area (Å²) in [6, 6.07) is 10.4. The molecular weight excluding hydrogens is 477 g/mol. The summed E-state index contributed by atoms with van der Waals surface area (Å²) in [6.07, 6.45) is 0.961. The number of nitrogens with zero attached hydrogens (tertiary/aromatic N) is 2. The number of alkyl halides is 3. The van der Waals surface area contributed by atoms with E-state index in [1.807, 2.05) is 0 Å². The standard InChI is InChI=1S/C26H28ClF3N4O/c1-2-3-13-34-14-5-6-18(16-34)32-25(35)20-10-9-17(27)15-23(20)33-22-11-12-31-24-19(22)7-4-8-21(24)26(28,29)30/h4,7-12,15,18H,2-3,5-6,13-14,16H2,1H3,(H,31,33)(H,32,35). The SMILES string of the molecule is CCCCN1CCCC(NC(=O)c2ccc(Cl)cc2Nc2ccnc3c(C(F)(F)F)cccc23)C1. The largest absolute Gasteiger partial charge is 0.418 e. The Morgan fingerprint density at radius 3 is 2.80 bits per heavy atom. The van der Waals surface area contributed by atoms with E-state index >= 15 is 0 Å². The molecular formula is C26H28ClF3N4O. The molecule has 2 N–H and O–H groups in total. The maximum atomic E-state index is 13.5. The van der Waals surface area contributed by atoms with Crippen LogP contribution in [0.25, 0.3) is 10.9 Å². The van der Waals surface area contributed by atoms with Gasteiger partial charge in [0.1, 0.15) is 0 Å². The zero-order valence-corrected chi connectivity index (χ0v) is 20.2. The summed E-state index contributed by atoms with van der Waals surface area (Å²) in [6.45, 7) is 5.02. The van der Waals surface area contributed by atoms with Gasteiger partial charge in [0.2, 0.25) is 0 Å². The minimum Gasteiger partial charge on any atom is -0.354 e. The van der Waals surface area contributed by atoms with Crippen LogP contribution in [0.2, 0.25) is 5.02 Å². The second-order valence-corrected chi connectivity index (χ2v) is 9.28. The van der Waals surface area contributed by atoms with Gasteiger partial charge >= 0.3 is 6.18 Å². The Kier molecular flexibility index (Phi) is 7.82. The van der Waals surface area contributed by atoms with Crippen molar-refractivity contribution in [2.24, 2.45) is 0 Å². The molecule has 1 unspecified atom stereocenters. The fourth-order valence-corrected chi connectivity index (χ4v) is 4.67. The van der Waals surface area contributed by atoms with Gasteiger partial charge in [-0.05, 0) is 62.7 Å². The van der Waals surface area contributed by atoms with E-state index in [-0.39, 0.29) is 17.5 Å². The van der Waals surface area contributed by atoms with E-state index in [0.29, 0.717) is 27.3 Å². The monoisotopic (exact) mass is 504 g/mol. The van der Waals surface area contributed by atoms with E-state index < -0.39 is 11.7 Å². The Bertz CT molecular complexity index is 1200. The predicted octanol–water partition coefficient (Wildman–Crippen LogP) is 6.64. The maximum absolute atomic E-state index is 13.5. The number of para-hydroxylation sites is 1. The Hall–Kier alpha value is -2.84. The van der Waals surface area contributed by atoms with Crippen LogP contribution in [0.15, 0.2) is 48.7 Å². The quantitative estimate of drug-likeness (QED) is 0.378. The number of carbonyl (C=O) groups excluding carboxylic acids is 1. The van der Waals surface area contributed by atoms with E-state index in [2.05, 4.69) is 27.4 Å². The van der Waals surface area contributed by atoms with Crippen molar-refractivity contribution in [2.45, 2.75) is 44.8 Å². The van der Waals surface area contributed by atoms with Gasteiger partial charge in [-0.25, -0.2) is 0 Å². The molecule has 1 amide bonds. The molecule has 0 saturated carbocycles. The lowest BCUT2D eigenvalue weighted by molar-refractivity contribution is -0.136. The van der Waals surface area contributed by atoms with Crippen molar-refractivity contribution in [1.29, 1.82) is 0 Å². The number of nitrogens with one attached hydrogen (secondary N) is 2. The van der Waals surface area contributed by atoms with Gasteiger partial charge in [-0.1, -0.05) is 37.1 Å². The highest BCUT2D eigenvalue weighted by Crippen LogP contribution is 2.37. The molecule has 0 aliphatic carbocycles. The zero-order chi connectivity index (χ0) is 25.0. The molecule has 35 heavy (non-hydrogen) atoms. The van der Waals surface area contributed by atoms with Gasteiger partial charge in [0, 0.05) is 34.9 Å². The van der Waals surface area contributed by atoms with Crippen molar-refractivity contribution >= 4 is 39.8 Å². The normalized spacial score (nSPS) is 16.9. The van der Waals surface area contributed by atoms with Gasteiger partial charge in [0.15, 0.2) is 0 Å². The van der Waals surface area contributed by atoms with Gasteiger partial charge < -0.3 is 15.5 Å². The highest BCUT2D eigenvalue weighted by atomic mass is 35.5. The summed E-state index contributed by atoms with van der Waals surface area (Å²) in [5, 5.41) is 6.96. The lowest BCUT2D eigenvalue weighted by atomic mass is 10.0. The number of hydrogen-bond acceptors (Lipinski definition) is 4. The number of likely N-dealkylation sites (tertiary alicyclic amines) is 1. The van der Waals surface area contributed by atoms with E-state index in [4.69, 9.17) is 11.6 Å². The van der Waals surface area contributed by atoms with E-state index in [1.165, 1.54) is 12.3 Å². The molecule has 0 bridgehead atoms. The number of piperidine rings is 1. The molecule has 186 valence electrons. The third kappa shape index (κ3) is 6.05. The highest BCUT2D eigenvalue weighted by molar-refractivity contribution is 6.31. The third-order valence-corrected chi connectivity index (χ3v) is 6.48. The van der Waals surface area contributed by atoms with E-state index in [9.17, 15) is 18.0 Å². The average molecular weight is 505 g/mol. The highest BCUT2D eigenvalue weighted by Gasteiger charge is 2.33. The minimum atomic E-state index is -4.53. The van der Waals surface area contributed by atoms with Crippen LogP contribution in [0.4, 0.5) is 24.5 Å². The Balaban J connectivity index is 1.59. The Labute approximate surface area is 207 Å². The van der Waals surface area contributed by atoms with Crippen LogP contribution in [-0.2, 0) is 6.18 Å².